The number of aryl methyl sites for hydroxylation is 3. The van der Waals surface area contributed by atoms with Crippen molar-refractivity contribution >= 4 is 29.2 Å². The van der Waals surface area contributed by atoms with Crippen LogP contribution in [0.2, 0.25) is 0 Å². The Morgan fingerprint density at radius 1 is 0.848 bits per heavy atom. The summed E-state index contributed by atoms with van der Waals surface area (Å²) in [5.41, 5.74) is 4.59. The lowest BCUT2D eigenvalue weighted by atomic mass is 10.00. The molecule has 2 N–H and O–H groups in total. The molecule has 2 amide bonds. The van der Waals surface area contributed by atoms with E-state index in [4.69, 9.17) is 9.47 Å². The number of methoxy groups -OCH3 is 1. The summed E-state index contributed by atoms with van der Waals surface area (Å²) in [7, 11) is 1.53. The number of rotatable bonds is 7. The molecule has 3 aromatic carbocycles. The van der Waals surface area contributed by atoms with Gasteiger partial charge >= 0.3 is 5.97 Å². The number of nitrogens with one attached hydrogen (secondary N) is 2. The fourth-order valence-corrected chi connectivity index (χ4v) is 3.55. The third-order valence-corrected chi connectivity index (χ3v) is 5.00. The van der Waals surface area contributed by atoms with Gasteiger partial charge in [-0.15, -0.1) is 0 Å². The lowest BCUT2D eigenvalue weighted by Gasteiger charge is -2.12. The van der Waals surface area contributed by atoms with Crippen LogP contribution in [0.5, 0.6) is 5.75 Å². The van der Waals surface area contributed by atoms with E-state index < -0.39 is 18.5 Å². The molecule has 0 heterocycles. The number of amides is 2. The van der Waals surface area contributed by atoms with Crippen LogP contribution in [0, 0.1) is 20.8 Å². The van der Waals surface area contributed by atoms with Gasteiger partial charge in [-0.1, -0.05) is 29.8 Å². The highest BCUT2D eigenvalue weighted by Gasteiger charge is 2.16. The van der Waals surface area contributed by atoms with Gasteiger partial charge in [0.15, 0.2) is 6.61 Å². The van der Waals surface area contributed by atoms with Gasteiger partial charge in [0.2, 0.25) is 0 Å². The second-order valence-corrected chi connectivity index (χ2v) is 7.63. The smallest absolute Gasteiger partial charge is 0.339 e. The highest BCUT2D eigenvalue weighted by molar-refractivity contribution is 6.05. The molecule has 7 heteroatoms. The van der Waals surface area contributed by atoms with Crippen molar-refractivity contribution in [2.45, 2.75) is 20.8 Å². The summed E-state index contributed by atoms with van der Waals surface area (Å²) >= 11 is 0. The number of para-hydroxylation sites is 2. The maximum atomic E-state index is 12.5. The molecule has 170 valence electrons. The summed E-state index contributed by atoms with van der Waals surface area (Å²) in [6.45, 7) is 5.21. The molecule has 0 aromatic heterocycles. The largest absolute Gasteiger partial charge is 0.495 e. The van der Waals surface area contributed by atoms with E-state index in [2.05, 4.69) is 10.6 Å². The quantitative estimate of drug-likeness (QED) is 0.515. The molecule has 3 aromatic rings. The van der Waals surface area contributed by atoms with E-state index in [-0.39, 0.29) is 5.91 Å². The third kappa shape index (κ3) is 5.98. The Morgan fingerprint density at radius 3 is 2.12 bits per heavy atom. The van der Waals surface area contributed by atoms with Gasteiger partial charge in [0.25, 0.3) is 11.8 Å². The van der Waals surface area contributed by atoms with Crippen LogP contribution in [0.4, 0.5) is 11.4 Å². The summed E-state index contributed by atoms with van der Waals surface area (Å²) in [4.78, 5) is 37.1. The molecule has 3 rings (SSSR count). The van der Waals surface area contributed by atoms with Crippen molar-refractivity contribution in [2.24, 2.45) is 0 Å². The van der Waals surface area contributed by atoms with Gasteiger partial charge in [0.1, 0.15) is 5.75 Å². The Labute approximate surface area is 192 Å². The molecule has 0 saturated heterocycles. The van der Waals surface area contributed by atoms with Gasteiger partial charge in [-0.05, 0) is 68.3 Å². The Balaban J connectivity index is 1.56. The SMILES string of the molecule is COc1ccccc1NC(=O)c1ccc(NC(=O)COC(=O)c2c(C)cc(C)cc2C)cc1. The second-order valence-electron chi connectivity index (χ2n) is 7.63. The van der Waals surface area contributed by atoms with Crippen LogP contribution in [-0.4, -0.2) is 31.5 Å². The zero-order valence-electron chi connectivity index (χ0n) is 19.0. The molecule has 0 bridgehead atoms. The number of hydrogen-bond donors (Lipinski definition) is 2. The van der Waals surface area contributed by atoms with E-state index in [1.165, 1.54) is 7.11 Å². The normalized spacial score (nSPS) is 10.3. The molecule has 0 aliphatic heterocycles. The summed E-state index contributed by atoms with van der Waals surface area (Å²) in [6, 6.07) is 17.3. The zero-order valence-corrected chi connectivity index (χ0v) is 19.0. The number of carbonyl (C=O) groups excluding carboxylic acids is 3. The first-order valence-electron chi connectivity index (χ1n) is 10.4. The molecule has 7 nitrogen and oxygen atoms in total. The van der Waals surface area contributed by atoms with Crippen LogP contribution in [0.3, 0.4) is 0 Å². The zero-order chi connectivity index (χ0) is 24.0. The van der Waals surface area contributed by atoms with Crippen LogP contribution in [0.15, 0.2) is 60.7 Å². The highest BCUT2D eigenvalue weighted by Crippen LogP contribution is 2.24. The van der Waals surface area contributed by atoms with Crippen molar-refractivity contribution in [2.75, 3.05) is 24.4 Å². The third-order valence-electron chi connectivity index (χ3n) is 5.00. The molecule has 0 spiro atoms. The van der Waals surface area contributed by atoms with E-state index in [1.807, 2.05) is 39.0 Å². The van der Waals surface area contributed by atoms with Crippen LogP contribution < -0.4 is 15.4 Å². The molecule has 0 aliphatic carbocycles. The number of benzene rings is 3. The van der Waals surface area contributed by atoms with E-state index in [1.54, 1.807) is 42.5 Å². The molecule has 0 saturated carbocycles. The van der Waals surface area contributed by atoms with Crippen LogP contribution in [-0.2, 0) is 9.53 Å². The van der Waals surface area contributed by atoms with E-state index in [9.17, 15) is 14.4 Å². The minimum atomic E-state index is -0.538. The molecule has 0 radical (unpaired) electrons. The topological polar surface area (TPSA) is 93.7 Å². The maximum absolute atomic E-state index is 12.5. The molecular formula is C26H26N2O5. The molecule has 33 heavy (non-hydrogen) atoms. The minimum Gasteiger partial charge on any atom is -0.495 e. The lowest BCUT2D eigenvalue weighted by Crippen LogP contribution is -2.21. The Morgan fingerprint density at radius 2 is 1.48 bits per heavy atom. The predicted octanol–water partition coefficient (Wildman–Crippen LogP) is 4.67. The van der Waals surface area contributed by atoms with Crippen LogP contribution in [0.1, 0.15) is 37.4 Å². The number of hydrogen-bond acceptors (Lipinski definition) is 5. The first-order valence-corrected chi connectivity index (χ1v) is 10.4. The molecule has 0 atom stereocenters. The fraction of sp³-hybridized carbons (Fsp3) is 0.192. The maximum Gasteiger partial charge on any atom is 0.339 e. The van der Waals surface area contributed by atoms with Gasteiger partial charge in [-0.25, -0.2) is 4.79 Å². The average molecular weight is 447 g/mol. The molecule has 0 aliphatic rings. The lowest BCUT2D eigenvalue weighted by molar-refractivity contribution is -0.119. The van der Waals surface area contributed by atoms with Crippen molar-refractivity contribution in [3.05, 3.63) is 88.5 Å². The first-order chi connectivity index (χ1) is 15.8. The second kappa shape index (κ2) is 10.5. The van der Waals surface area contributed by atoms with Gasteiger partial charge in [-0.3, -0.25) is 9.59 Å². The number of ether oxygens (including phenoxy) is 2. The van der Waals surface area contributed by atoms with E-state index in [0.717, 1.165) is 16.7 Å². The molecule has 0 fully saturated rings. The summed E-state index contributed by atoms with van der Waals surface area (Å²) < 4.78 is 10.4. The van der Waals surface area contributed by atoms with Gasteiger partial charge in [-0.2, -0.15) is 0 Å². The Kier molecular flexibility index (Phi) is 7.46. The van der Waals surface area contributed by atoms with Crippen molar-refractivity contribution in [3.8, 4) is 5.75 Å². The van der Waals surface area contributed by atoms with Crippen LogP contribution >= 0.6 is 0 Å². The van der Waals surface area contributed by atoms with Crippen molar-refractivity contribution in [3.63, 3.8) is 0 Å². The Bertz CT molecular complexity index is 1160. The fourth-order valence-electron chi connectivity index (χ4n) is 3.55. The van der Waals surface area contributed by atoms with Crippen molar-refractivity contribution < 1.29 is 23.9 Å². The monoisotopic (exact) mass is 446 g/mol. The average Bonchev–Trinajstić information content (AvgIpc) is 2.78. The number of esters is 1. The summed E-state index contributed by atoms with van der Waals surface area (Å²) in [5, 5.41) is 5.44. The van der Waals surface area contributed by atoms with Crippen LogP contribution in [0.25, 0.3) is 0 Å². The van der Waals surface area contributed by atoms with Crippen molar-refractivity contribution in [1.82, 2.24) is 0 Å². The molecular weight excluding hydrogens is 420 g/mol. The molecule has 0 unspecified atom stereocenters. The summed E-state index contributed by atoms with van der Waals surface area (Å²) in [5.74, 6) is -0.768. The minimum absolute atomic E-state index is 0.310. The standard InChI is InChI=1S/C26H26N2O5/c1-16-13-17(2)24(18(3)14-16)26(31)33-15-23(29)27-20-11-9-19(10-12-20)25(30)28-21-7-5-6-8-22(21)32-4/h5-14H,15H2,1-4H3,(H,27,29)(H,28,30). The first kappa shape index (κ1) is 23.5. The summed E-state index contributed by atoms with van der Waals surface area (Å²) in [6.07, 6.45) is 0. The predicted molar refractivity (Wildman–Crippen MR) is 127 cm³/mol. The van der Waals surface area contributed by atoms with E-state index in [0.29, 0.717) is 28.3 Å². The van der Waals surface area contributed by atoms with Gasteiger partial charge in [0.05, 0.1) is 18.4 Å². The number of anilines is 2. The van der Waals surface area contributed by atoms with Crippen molar-refractivity contribution in [1.29, 1.82) is 0 Å². The van der Waals surface area contributed by atoms with Gasteiger partial charge < -0.3 is 20.1 Å². The number of carbonyl (C=O) groups is 3. The van der Waals surface area contributed by atoms with E-state index >= 15 is 0 Å². The Hall–Kier alpha value is -4.13. The highest BCUT2D eigenvalue weighted by atomic mass is 16.5. The van der Waals surface area contributed by atoms with Gasteiger partial charge in [0, 0.05) is 11.3 Å².